The van der Waals surface area contributed by atoms with E-state index >= 15 is 0 Å². The van der Waals surface area contributed by atoms with E-state index in [0.29, 0.717) is 21.2 Å². The van der Waals surface area contributed by atoms with E-state index in [1.165, 1.54) is 12.1 Å². The number of ketones is 1. The lowest BCUT2D eigenvalue weighted by Gasteiger charge is -2.08. The zero-order chi connectivity index (χ0) is 14.2. The van der Waals surface area contributed by atoms with E-state index in [-0.39, 0.29) is 10.8 Å². The molecule has 2 rings (SSSR count). The Hall–Kier alpha value is -1.19. The minimum Gasteiger partial charge on any atom is -0.289 e. The molecular weight excluding hydrogens is 331 g/mol. The third-order valence-electron chi connectivity index (χ3n) is 2.86. The number of benzene rings is 2. The molecule has 2 aromatic rings. The van der Waals surface area contributed by atoms with Crippen molar-refractivity contribution < 1.29 is 9.18 Å². The van der Waals surface area contributed by atoms with Gasteiger partial charge in [-0.2, -0.15) is 0 Å². The molecule has 98 valence electrons. The van der Waals surface area contributed by atoms with Gasteiger partial charge in [-0.05, 0) is 49.2 Å². The predicted octanol–water partition coefficient (Wildman–Crippen LogP) is 5.09. The second-order valence-corrected chi connectivity index (χ2v) is 5.66. The highest BCUT2D eigenvalue weighted by molar-refractivity contribution is 9.10. The van der Waals surface area contributed by atoms with Crippen molar-refractivity contribution in [3.05, 3.63) is 67.9 Å². The number of aryl methyl sites for hydroxylation is 2. The molecule has 0 saturated carbocycles. The third kappa shape index (κ3) is 2.88. The normalized spacial score (nSPS) is 10.6. The molecule has 0 N–H and O–H groups in total. The second-order valence-electron chi connectivity index (χ2n) is 4.39. The number of rotatable bonds is 2. The molecule has 2 aromatic carbocycles. The van der Waals surface area contributed by atoms with Crippen LogP contribution in [0.1, 0.15) is 27.0 Å². The molecule has 1 nitrogen and oxygen atoms in total. The summed E-state index contributed by atoms with van der Waals surface area (Å²) >= 11 is 9.32. The van der Waals surface area contributed by atoms with Crippen LogP contribution in [-0.4, -0.2) is 5.78 Å². The summed E-state index contributed by atoms with van der Waals surface area (Å²) in [4.78, 5) is 12.4. The molecule has 0 amide bonds. The van der Waals surface area contributed by atoms with E-state index in [0.717, 1.165) is 5.56 Å². The lowest BCUT2D eigenvalue weighted by atomic mass is 10.0. The molecule has 19 heavy (non-hydrogen) atoms. The average molecular weight is 342 g/mol. The van der Waals surface area contributed by atoms with Crippen LogP contribution in [0.25, 0.3) is 0 Å². The van der Waals surface area contributed by atoms with Crippen LogP contribution in [0.4, 0.5) is 4.39 Å². The fourth-order valence-electron chi connectivity index (χ4n) is 1.78. The van der Waals surface area contributed by atoms with Crippen molar-refractivity contribution in [2.75, 3.05) is 0 Å². The quantitative estimate of drug-likeness (QED) is 0.695. The van der Waals surface area contributed by atoms with Gasteiger partial charge in [-0.15, -0.1) is 0 Å². The molecule has 0 bridgehead atoms. The van der Waals surface area contributed by atoms with Crippen LogP contribution in [0.5, 0.6) is 0 Å². The van der Waals surface area contributed by atoms with Crippen molar-refractivity contribution in [2.45, 2.75) is 13.8 Å². The van der Waals surface area contributed by atoms with Crippen LogP contribution in [-0.2, 0) is 0 Å². The van der Waals surface area contributed by atoms with Crippen molar-refractivity contribution in [1.29, 1.82) is 0 Å². The summed E-state index contributed by atoms with van der Waals surface area (Å²) in [5, 5.41) is 0.126. The molecule has 0 atom stereocenters. The van der Waals surface area contributed by atoms with E-state index in [4.69, 9.17) is 11.6 Å². The first-order valence-corrected chi connectivity index (χ1v) is 6.83. The topological polar surface area (TPSA) is 17.1 Å². The Morgan fingerprint density at radius 3 is 2.47 bits per heavy atom. The van der Waals surface area contributed by atoms with Gasteiger partial charge < -0.3 is 0 Å². The molecule has 0 aliphatic heterocycles. The van der Waals surface area contributed by atoms with Crippen LogP contribution in [0.15, 0.2) is 34.8 Å². The predicted molar refractivity (Wildman–Crippen MR) is 78.5 cm³/mol. The van der Waals surface area contributed by atoms with Gasteiger partial charge in [0.05, 0.1) is 5.02 Å². The van der Waals surface area contributed by atoms with E-state index in [1.54, 1.807) is 13.0 Å². The molecule has 0 heterocycles. The van der Waals surface area contributed by atoms with Crippen molar-refractivity contribution in [1.82, 2.24) is 0 Å². The second kappa shape index (κ2) is 5.43. The minimum absolute atomic E-state index is 0.126. The summed E-state index contributed by atoms with van der Waals surface area (Å²) in [5.41, 5.74) is 2.27. The highest BCUT2D eigenvalue weighted by atomic mass is 79.9. The average Bonchev–Trinajstić information content (AvgIpc) is 2.33. The lowest BCUT2D eigenvalue weighted by Crippen LogP contribution is -2.04. The third-order valence-corrected chi connectivity index (χ3v) is 3.83. The molecule has 0 aliphatic carbocycles. The van der Waals surface area contributed by atoms with E-state index in [1.807, 2.05) is 19.1 Å². The first-order chi connectivity index (χ1) is 8.90. The molecule has 0 aliphatic rings. The zero-order valence-electron chi connectivity index (χ0n) is 10.4. The summed E-state index contributed by atoms with van der Waals surface area (Å²) in [7, 11) is 0. The summed E-state index contributed by atoms with van der Waals surface area (Å²) < 4.78 is 14.1. The number of hydrogen-bond donors (Lipinski definition) is 0. The maximum atomic E-state index is 13.4. The first-order valence-electron chi connectivity index (χ1n) is 5.66. The smallest absolute Gasteiger partial charge is 0.195 e. The van der Waals surface area contributed by atoms with Crippen LogP contribution in [0, 0.1) is 19.7 Å². The largest absolute Gasteiger partial charge is 0.289 e. The van der Waals surface area contributed by atoms with Gasteiger partial charge in [0.15, 0.2) is 5.78 Å². The molecule has 0 fully saturated rings. The fraction of sp³-hybridized carbons (Fsp3) is 0.133. The molecule has 0 radical (unpaired) electrons. The Labute approximate surface area is 124 Å². The van der Waals surface area contributed by atoms with Crippen LogP contribution in [0.3, 0.4) is 0 Å². The van der Waals surface area contributed by atoms with Gasteiger partial charge in [0.2, 0.25) is 0 Å². The monoisotopic (exact) mass is 340 g/mol. The van der Waals surface area contributed by atoms with Crippen LogP contribution < -0.4 is 0 Å². The maximum Gasteiger partial charge on any atom is 0.195 e. The van der Waals surface area contributed by atoms with Crippen molar-refractivity contribution >= 4 is 33.3 Å². The number of carbonyl (C=O) groups excluding carboxylic acids is 1. The van der Waals surface area contributed by atoms with Crippen molar-refractivity contribution in [3.8, 4) is 0 Å². The summed E-state index contributed by atoms with van der Waals surface area (Å²) in [6, 6.07) is 8.09. The number of hydrogen-bond acceptors (Lipinski definition) is 1. The van der Waals surface area contributed by atoms with E-state index < -0.39 is 5.82 Å². The Kier molecular flexibility index (Phi) is 4.07. The SMILES string of the molecule is Cc1ccc(C(=O)c2cc(C)c(F)cc2Cl)c(Br)c1. The summed E-state index contributed by atoms with van der Waals surface area (Å²) in [5.74, 6) is -0.635. The standard InChI is InChI=1S/C15H11BrClFO/c1-8-3-4-10(12(16)5-8)15(19)11-6-9(2)14(18)7-13(11)17/h3-7H,1-2H3. The van der Waals surface area contributed by atoms with E-state index in [9.17, 15) is 9.18 Å². The highest BCUT2D eigenvalue weighted by Crippen LogP contribution is 2.27. The van der Waals surface area contributed by atoms with Gasteiger partial charge in [0, 0.05) is 15.6 Å². The minimum atomic E-state index is -0.412. The molecule has 4 heteroatoms. The highest BCUT2D eigenvalue weighted by Gasteiger charge is 2.17. The van der Waals surface area contributed by atoms with E-state index in [2.05, 4.69) is 15.9 Å². The number of carbonyl (C=O) groups is 1. The number of halogens is 3. The molecular formula is C15H11BrClFO. The molecule has 0 spiro atoms. The Morgan fingerprint density at radius 2 is 1.84 bits per heavy atom. The Balaban J connectivity index is 2.53. The van der Waals surface area contributed by atoms with Gasteiger partial charge in [-0.1, -0.05) is 33.6 Å². The van der Waals surface area contributed by atoms with Gasteiger partial charge in [0.1, 0.15) is 5.82 Å². The van der Waals surface area contributed by atoms with Gasteiger partial charge >= 0.3 is 0 Å². The lowest BCUT2D eigenvalue weighted by molar-refractivity contribution is 0.103. The summed E-state index contributed by atoms with van der Waals surface area (Å²) in [6.45, 7) is 3.54. The molecule has 0 aromatic heterocycles. The van der Waals surface area contributed by atoms with Gasteiger partial charge in [-0.3, -0.25) is 4.79 Å². The van der Waals surface area contributed by atoms with Crippen LogP contribution >= 0.6 is 27.5 Å². The Morgan fingerprint density at radius 1 is 1.16 bits per heavy atom. The van der Waals surface area contributed by atoms with Gasteiger partial charge in [-0.25, -0.2) is 4.39 Å². The Bertz CT molecular complexity index is 667. The summed E-state index contributed by atoms with van der Waals surface area (Å²) in [6.07, 6.45) is 0. The fourth-order valence-corrected chi connectivity index (χ4v) is 2.69. The molecule has 0 saturated heterocycles. The van der Waals surface area contributed by atoms with Crippen LogP contribution in [0.2, 0.25) is 5.02 Å². The maximum absolute atomic E-state index is 13.4. The van der Waals surface area contributed by atoms with Crippen molar-refractivity contribution in [2.24, 2.45) is 0 Å². The van der Waals surface area contributed by atoms with Gasteiger partial charge in [0.25, 0.3) is 0 Å². The zero-order valence-corrected chi connectivity index (χ0v) is 12.8. The first kappa shape index (κ1) is 14.2. The molecule has 0 unspecified atom stereocenters. The van der Waals surface area contributed by atoms with Crippen molar-refractivity contribution in [3.63, 3.8) is 0 Å².